The quantitative estimate of drug-likeness (QED) is 0.435. The van der Waals surface area contributed by atoms with Gasteiger partial charge in [-0.3, -0.25) is 9.20 Å². The van der Waals surface area contributed by atoms with Gasteiger partial charge in [0, 0.05) is 30.9 Å². The number of benzene rings is 1. The molecule has 5 rings (SSSR count). The summed E-state index contributed by atoms with van der Waals surface area (Å²) in [5.74, 6) is -0.429. The van der Waals surface area contributed by atoms with E-state index in [2.05, 4.69) is 9.88 Å². The van der Waals surface area contributed by atoms with Crippen molar-refractivity contribution in [2.45, 2.75) is 6.61 Å². The Labute approximate surface area is 188 Å². The normalized spacial score (nSPS) is 13.9. The van der Waals surface area contributed by atoms with E-state index in [1.807, 2.05) is 42.5 Å². The molecular weight excluding hydrogens is 426 g/mol. The number of morpholine rings is 1. The number of carbonyl (C=O) groups is 1. The second-order valence-corrected chi connectivity index (χ2v) is 8.42. The number of thiophene rings is 1. The first-order chi connectivity index (χ1) is 15.7. The summed E-state index contributed by atoms with van der Waals surface area (Å²) in [5.41, 5.74) is 2.78. The molecule has 0 unspecified atom stereocenters. The van der Waals surface area contributed by atoms with Crippen LogP contribution in [0.3, 0.4) is 0 Å². The van der Waals surface area contributed by atoms with Crippen LogP contribution in [0.1, 0.15) is 15.4 Å². The molecule has 1 aliphatic heterocycles. The number of rotatable bonds is 5. The Kier molecular flexibility index (Phi) is 5.70. The largest absolute Gasteiger partial charge is 0.455 e. The number of carbonyl (C=O) groups excluding carboxylic acids is 1. The van der Waals surface area contributed by atoms with Gasteiger partial charge in [0.15, 0.2) is 0 Å². The maximum atomic E-state index is 12.9. The summed E-state index contributed by atoms with van der Waals surface area (Å²) in [6, 6.07) is 18.6. The van der Waals surface area contributed by atoms with Crippen molar-refractivity contribution in [2.75, 3.05) is 31.2 Å². The summed E-state index contributed by atoms with van der Waals surface area (Å²) in [6.45, 7) is 2.81. The van der Waals surface area contributed by atoms with Gasteiger partial charge >= 0.3 is 5.97 Å². The van der Waals surface area contributed by atoms with Crippen LogP contribution in [-0.2, 0) is 16.1 Å². The molecule has 0 aliphatic carbocycles. The molecule has 0 saturated carbocycles. The molecule has 32 heavy (non-hydrogen) atoms. The van der Waals surface area contributed by atoms with E-state index >= 15 is 0 Å². The van der Waals surface area contributed by atoms with E-state index < -0.39 is 5.97 Å². The van der Waals surface area contributed by atoms with Gasteiger partial charge in [-0.15, -0.1) is 11.3 Å². The SMILES string of the molecule is O=C(OCc1cc(=O)n2ccccc2n1)c1cc(-c2ccccc2)c(N2CCOCC2)s1. The highest BCUT2D eigenvalue weighted by molar-refractivity contribution is 7.18. The van der Waals surface area contributed by atoms with E-state index in [-0.39, 0.29) is 12.2 Å². The number of esters is 1. The molecule has 162 valence electrons. The predicted molar refractivity (Wildman–Crippen MR) is 123 cm³/mol. The summed E-state index contributed by atoms with van der Waals surface area (Å²) in [7, 11) is 0. The Balaban J connectivity index is 1.40. The molecule has 1 aliphatic rings. The number of nitrogens with zero attached hydrogens (tertiary/aromatic N) is 3. The molecular formula is C24H21N3O4S. The number of aromatic nitrogens is 2. The minimum Gasteiger partial charge on any atom is -0.455 e. The lowest BCUT2D eigenvalue weighted by molar-refractivity contribution is 0.0473. The van der Waals surface area contributed by atoms with E-state index in [4.69, 9.17) is 9.47 Å². The summed E-state index contributed by atoms with van der Waals surface area (Å²) in [5, 5.41) is 1.04. The monoisotopic (exact) mass is 447 g/mol. The van der Waals surface area contributed by atoms with Crippen LogP contribution in [0.25, 0.3) is 16.8 Å². The average Bonchev–Trinajstić information content (AvgIpc) is 3.29. The zero-order chi connectivity index (χ0) is 21.9. The fourth-order valence-electron chi connectivity index (χ4n) is 3.70. The van der Waals surface area contributed by atoms with Crippen molar-refractivity contribution in [3.63, 3.8) is 0 Å². The first-order valence-electron chi connectivity index (χ1n) is 10.4. The third-order valence-electron chi connectivity index (χ3n) is 5.27. The van der Waals surface area contributed by atoms with Crippen molar-refractivity contribution in [3.05, 3.63) is 87.8 Å². The third-order valence-corrected chi connectivity index (χ3v) is 6.45. The highest BCUT2D eigenvalue weighted by atomic mass is 32.1. The van der Waals surface area contributed by atoms with Crippen LogP contribution in [0.5, 0.6) is 0 Å². The predicted octanol–water partition coefficient (Wildman–Crippen LogP) is 3.62. The second-order valence-electron chi connectivity index (χ2n) is 7.39. The summed E-state index contributed by atoms with van der Waals surface area (Å²) >= 11 is 1.42. The Morgan fingerprint density at radius 3 is 2.66 bits per heavy atom. The summed E-state index contributed by atoms with van der Waals surface area (Å²) in [6.07, 6.45) is 1.66. The first-order valence-corrected chi connectivity index (χ1v) is 11.2. The van der Waals surface area contributed by atoms with Gasteiger partial charge in [0.25, 0.3) is 5.56 Å². The molecule has 1 saturated heterocycles. The number of anilines is 1. The lowest BCUT2D eigenvalue weighted by atomic mass is 10.1. The molecule has 4 heterocycles. The van der Waals surface area contributed by atoms with Gasteiger partial charge in [-0.1, -0.05) is 36.4 Å². The van der Waals surface area contributed by atoms with Crippen LogP contribution in [0.2, 0.25) is 0 Å². The third kappa shape index (κ3) is 4.15. The molecule has 0 bridgehead atoms. The lowest BCUT2D eigenvalue weighted by Gasteiger charge is -2.28. The molecule has 3 aromatic heterocycles. The van der Waals surface area contributed by atoms with E-state index in [1.165, 1.54) is 21.8 Å². The van der Waals surface area contributed by atoms with Crippen molar-refractivity contribution in [1.82, 2.24) is 9.38 Å². The zero-order valence-electron chi connectivity index (χ0n) is 17.3. The van der Waals surface area contributed by atoms with Crippen LogP contribution >= 0.6 is 11.3 Å². The van der Waals surface area contributed by atoms with Gasteiger partial charge in [-0.05, 0) is 23.8 Å². The number of pyridine rings is 1. The maximum absolute atomic E-state index is 12.9. The molecule has 8 heteroatoms. The molecule has 0 atom stereocenters. The van der Waals surface area contributed by atoms with Gasteiger partial charge in [-0.25, -0.2) is 9.78 Å². The maximum Gasteiger partial charge on any atom is 0.348 e. The molecule has 4 aromatic rings. The van der Waals surface area contributed by atoms with Crippen LogP contribution < -0.4 is 10.5 Å². The van der Waals surface area contributed by atoms with Crippen LogP contribution in [-0.4, -0.2) is 41.7 Å². The Morgan fingerprint density at radius 2 is 1.84 bits per heavy atom. The number of hydrogen-bond acceptors (Lipinski definition) is 7. The Morgan fingerprint density at radius 1 is 1.06 bits per heavy atom. The van der Waals surface area contributed by atoms with E-state index in [0.717, 1.165) is 29.2 Å². The van der Waals surface area contributed by atoms with Gasteiger partial charge in [0.2, 0.25) is 0 Å². The van der Waals surface area contributed by atoms with Crippen LogP contribution in [0.15, 0.2) is 71.7 Å². The molecule has 7 nitrogen and oxygen atoms in total. The molecule has 0 spiro atoms. The van der Waals surface area contributed by atoms with Gasteiger partial charge < -0.3 is 14.4 Å². The van der Waals surface area contributed by atoms with Crippen LogP contribution in [0.4, 0.5) is 5.00 Å². The molecule has 0 N–H and O–H groups in total. The minimum absolute atomic E-state index is 0.0646. The fraction of sp³-hybridized carbons (Fsp3) is 0.208. The minimum atomic E-state index is -0.429. The van der Waals surface area contributed by atoms with Gasteiger partial charge in [-0.2, -0.15) is 0 Å². The fourth-order valence-corrected chi connectivity index (χ4v) is 4.82. The highest BCUT2D eigenvalue weighted by Crippen LogP contribution is 2.39. The number of hydrogen-bond donors (Lipinski definition) is 0. The van der Waals surface area contributed by atoms with Crippen LogP contribution in [0, 0.1) is 0 Å². The number of ether oxygens (including phenoxy) is 2. The van der Waals surface area contributed by atoms with E-state index in [1.54, 1.807) is 18.3 Å². The molecule has 1 fully saturated rings. The lowest BCUT2D eigenvalue weighted by Crippen LogP contribution is -2.35. The summed E-state index contributed by atoms with van der Waals surface area (Å²) in [4.78, 5) is 32.3. The topological polar surface area (TPSA) is 73.1 Å². The molecule has 0 radical (unpaired) electrons. The van der Waals surface area contributed by atoms with Crippen molar-refractivity contribution in [1.29, 1.82) is 0 Å². The average molecular weight is 448 g/mol. The van der Waals surface area contributed by atoms with E-state index in [0.29, 0.717) is 29.4 Å². The first kappa shape index (κ1) is 20.4. The highest BCUT2D eigenvalue weighted by Gasteiger charge is 2.22. The second kappa shape index (κ2) is 8.94. The van der Waals surface area contributed by atoms with Gasteiger partial charge in [0.05, 0.1) is 23.9 Å². The van der Waals surface area contributed by atoms with Gasteiger partial charge in [0.1, 0.15) is 17.1 Å². The van der Waals surface area contributed by atoms with Crippen molar-refractivity contribution in [3.8, 4) is 11.1 Å². The van der Waals surface area contributed by atoms with Crippen molar-refractivity contribution >= 4 is 28.0 Å². The standard InChI is InChI=1S/C24H21N3O4S/c28-22-14-18(25-21-8-4-5-9-27(21)22)16-31-24(29)20-15-19(17-6-2-1-3-7-17)23(32-20)26-10-12-30-13-11-26/h1-9,14-15H,10-13,16H2. The molecule has 1 aromatic carbocycles. The molecule has 0 amide bonds. The summed E-state index contributed by atoms with van der Waals surface area (Å²) < 4.78 is 12.5. The zero-order valence-corrected chi connectivity index (χ0v) is 18.1. The Bertz CT molecular complexity index is 1310. The smallest absolute Gasteiger partial charge is 0.348 e. The Hall–Kier alpha value is -3.49. The number of fused-ring (bicyclic) bond motifs is 1. The van der Waals surface area contributed by atoms with E-state index in [9.17, 15) is 9.59 Å². The van der Waals surface area contributed by atoms with Crippen molar-refractivity contribution < 1.29 is 14.3 Å². The van der Waals surface area contributed by atoms with Crippen molar-refractivity contribution in [2.24, 2.45) is 0 Å².